The zero-order chi connectivity index (χ0) is 12.0. The van der Waals surface area contributed by atoms with Crippen molar-refractivity contribution in [3.63, 3.8) is 0 Å². The molecule has 1 rings (SSSR count). The van der Waals surface area contributed by atoms with Crippen LogP contribution in [0.1, 0.15) is 24.5 Å². The first-order valence-electron chi connectivity index (χ1n) is 5.23. The first-order valence-corrected chi connectivity index (χ1v) is 6.11. The Morgan fingerprint density at radius 2 is 2.12 bits per heavy atom. The summed E-state index contributed by atoms with van der Waals surface area (Å²) in [6, 6.07) is 0. The first-order chi connectivity index (χ1) is 7.57. The lowest BCUT2D eigenvalue weighted by Gasteiger charge is -2.24. The molecule has 1 aromatic rings. The molecule has 0 atom stereocenters. The zero-order valence-corrected chi connectivity index (χ0v) is 11.2. The Labute approximate surface area is 101 Å². The molecule has 1 N–H and O–H groups in total. The molecule has 0 unspecified atom stereocenters. The van der Waals surface area contributed by atoms with Crippen LogP contribution in [0.3, 0.4) is 0 Å². The summed E-state index contributed by atoms with van der Waals surface area (Å²) < 4.78 is 10.2. The summed E-state index contributed by atoms with van der Waals surface area (Å²) in [5, 5.41) is 6.49. The van der Waals surface area contributed by atoms with E-state index in [0.717, 1.165) is 17.2 Å². The molecule has 0 aromatic carbocycles. The third-order valence-corrected chi connectivity index (χ3v) is 2.99. The summed E-state index contributed by atoms with van der Waals surface area (Å²) in [5.74, 6) is 0. The fourth-order valence-corrected chi connectivity index (χ4v) is 2.13. The highest BCUT2D eigenvalue weighted by atomic mass is 32.1. The van der Waals surface area contributed by atoms with Crippen molar-refractivity contribution in [2.45, 2.75) is 32.5 Å². The van der Waals surface area contributed by atoms with Gasteiger partial charge in [-0.1, -0.05) is 0 Å². The van der Waals surface area contributed by atoms with Crippen LogP contribution in [0, 0.1) is 0 Å². The highest BCUT2D eigenvalue weighted by Crippen LogP contribution is 2.12. The molecule has 0 fully saturated rings. The topological polar surface area (TPSA) is 43.4 Å². The van der Waals surface area contributed by atoms with Gasteiger partial charge in [-0.05, 0) is 13.8 Å². The maximum atomic E-state index is 5.14. The van der Waals surface area contributed by atoms with Crippen molar-refractivity contribution in [2.75, 3.05) is 20.8 Å². The molecule has 0 saturated carbocycles. The summed E-state index contributed by atoms with van der Waals surface area (Å²) in [6.45, 7) is 6.25. The second-order valence-electron chi connectivity index (χ2n) is 4.34. The minimum Gasteiger partial charge on any atom is -0.383 e. The summed E-state index contributed by atoms with van der Waals surface area (Å²) >= 11 is 1.63. The maximum Gasteiger partial charge on any atom is 0.119 e. The normalized spacial score (nSPS) is 12.0. The Bertz CT molecular complexity index is 313. The number of nitrogens with one attached hydrogen (secondary N) is 1. The van der Waals surface area contributed by atoms with Gasteiger partial charge in [-0.15, -0.1) is 11.3 Å². The molecule has 0 aliphatic rings. The molecular formula is C11H20N2O2S. The van der Waals surface area contributed by atoms with Crippen LogP contribution in [0.25, 0.3) is 0 Å². The van der Waals surface area contributed by atoms with E-state index in [4.69, 9.17) is 9.47 Å². The Morgan fingerprint density at radius 3 is 2.75 bits per heavy atom. The number of aromatic nitrogens is 1. The largest absolute Gasteiger partial charge is 0.383 e. The van der Waals surface area contributed by atoms with Crippen molar-refractivity contribution >= 4 is 11.3 Å². The number of rotatable bonds is 7. The van der Waals surface area contributed by atoms with Gasteiger partial charge in [0.25, 0.3) is 0 Å². The lowest BCUT2D eigenvalue weighted by Crippen LogP contribution is -2.42. The summed E-state index contributed by atoms with van der Waals surface area (Å²) in [7, 11) is 3.39. The van der Waals surface area contributed by atoms with Gasteiger partial charge in [0.2, 0.25) is 0 Å². The second kappa shape index (κ2) is 6.30. The van der Waals surface area contributed by atoms with Gasteiger partial charge in [-0.2, -0.15) is 0 Å². The lowest BCUT2D eigenvalue weighted by atomic mass is 10.1. The Morgan fingerprint density at radius 1 is 1.38 bits per heavy atom. The van der Waals surface area contributed by atoms with Crippen molar-refractivity contribution in [3.05, 3.63) is 16.1 Å². The van der Waals surface area contributed by atoms with Gasteiger partial charge in [0, 0.05) is 31.7 Å². The monoisotopic (exact) mass is 244 g/mol. The van der Waals surface area contributed by atoms with Crippen LogP contribution < -0.4 is 5.32 Å². The van der Waals surface area contributed by atoms with Gasteiger partial charge in [0.1, 0.15) is 5.01 Å². The fraction of sp³-hybridized carbons (Fsp3) is 0.727. The van der Waals surface area contributed by atoms with E-state index in [1.807, 2.05) is 0 Å². The van der Waals surface area contributed by atoms with Gasteiger partial charge >= 0.3 is 0 Å². The van der Waals surface area contributed by atoms with E-state index >= 15 is 0 Å². The smallest absolute Gasteiger partial charge is 0.119 e. The fourth-order valence-electron chi connectivity index (χ4n) is 1.36. The molecule has 0 aliphatic carbocycles. The van der Waals surface area contributed by atoms with E-state index in [9.17, 15) is 0 Å². The maximum absolute atomic E-state index is 5.14. The molecule has 0 radical (unpaired) electrons. The Kier molecular flexibility index (Phi) is 5.34. The molecule has 0 aliphatic heterocycles. The average Bonchev–Trinajstić information content (AvgIpc) is 2.64. The molecule has 1 heterocycles. The highest BCUT2D eigenvalue weighted by molar-refractivity contribution is 7.09. The van der Waals surface area contributed by atoms with Crippen molar-refractivity contribution in [1.82, 2.24) is 10.3 Å². The molecule has 92 valence electrons. The third-order valence-electron chi connectivity index (χ3n) is 2.12. The minimum absolute atomic E-state index is 0.0280. The number of hydrogen-bond acceptors (Lipinski definition) is 5. The van der Waals surface area contributed by atoms with Crippen LogP contribution in [0.15, 0.2) is 5.38 Å². The molecular weight excluding hydrogens is 224 g/mol. The van der Waals surface area contributed by atoms with Crippen molar-refractivity contribution in [3.8, 4) is 0 Å². The van der Waals surface area contributed by atoms with E-state index in [1.54, 1.807) is 25.6 Å². The van der Waals surface area contributed by atoms with Gasteiger partial charge in [0.05, 0.1) is 18.9 Å². The number of ether oxygens (including phenoxy) is 2. The number of methoxy groups -OCH3 is 2. The molecule has 16 heavy (non-hydrogen) atoms. The molecule has 0 bridgehead atoms. The van der Waals surface area contributed by atoms with E-state index in [-0.39, 0.29) is 5.54 Å². The number of thiazole rings is 1. The molecule has 4 nitrogen and oxygen atoms in total. The van der Waals surface area contributed by atoms with Crippen molar-refractivity contribution in [1.29, 1.82) is 0 Å². The Hall–Kier alpha value is -0.490. The van der Waals surface area contributed by atoms with E-state index in [2.05, 4.69) is 29.5 Å². The van der Waals surface area contributed by atoms with Crippen LogP contribution in [0.2, 0.25) is 0 Å². The third kappa shape index (κ3) is 4.57. The first kappa shape index (κ1) is 13.6. The van der Waals surface area contributed by atoms with E-state index in [1.165, 1.54) is 0 Å². The van der Waals surface area contributed by atoms with Crippen molar-refractivity contribution in [2.24, 2.45) is 0 Å². The summed E-state index contributed by atoms with van der Waals surface area (Å²) in [6.07, 6.45) is 0. The van der Waals surface area contributed by atoms with Gasteiger partial charge in [0.15, 0.2) is 0 Å². The SMILES string of the molecule is COCc1nc(CNC(C)(C)COC)cs1. The molecule has 0 saturated heterocycles. The van der Waals surface area contributed by atoms with Gasteiger partial charge in [-0.3, -0.25) is 0 Å². The molecule has 1 aromatic heterocycles. The van der Waals surface area contributed by atoms with Crippen LogP contribution in [0.5, 0.6) is 0 Å². The molecule has 5 heteroatoms. The highest BCUT2D eigenvalue weighted by Gasteiger charge is 2.16. The van der Waals surface area contributed by atoms with Crippen molar-refractivity contribution < 1.29 is 9.47 Å². The lowest BCUT2D eigenvalue weighted by molar-refractivity contribution is 0.127. The zero-order valence-electron chi connectivity index (χ0n) is 10.4. The quantitative estimate of drug-likeness (QED) is 0.794. The minimum atomic E-state index is -0.0280. The Balaban J connectivity index is 2.41. The van der Waals surface area contributed by atoms with Crippen LogP contribution in [-0.4, -0.2) is 31.3 Å². The van der Waals surface area contributed by atoms with E-state index < -0.39 is 0 Å². The van der Waals surface area contributed by atoms with Crippen LogP contribution in [-0.2, 0) is 22.6 Å². The van der Waals surface area contributed by atoms with Gasteiger partial charge in [-0.25, -0.2) is 4.98 Å². The standard InChI is InChI=1S/C11H20N2O2S/c1-11(2,8-15-4)12-5-9-7-16-10(13-9)6-14-3/h7,12H,5-6,8H2,1-4H3. The van der Waals surface area contributed by atoms with Crippen LogP contribution in [0.4, 0.5) is 0 Å². The molecule has 0 amide bonds. The second-order valence-corrected chi connectivity index (χ2v) is 5.28. The number of hydrogen-bond donors (Lipinski definition) is 1. The average molecular weight is 244 g/mol. The predicted octanol–water partition coefficient (Wildman–Crippen LogP) is 1.80. The summed E-state index contributed by atoms with van der Waals surface area (Å²) in [4.78, 5) is 4.45. The summed E-state index contributed by atoms with van der Waals surface area (Å²) in [5.41, 5.74) is 1.03. The predicted molar refractivity (Wildman–Crippen MR) is 65.6 cm³/mol. The van der Waals surface area contributed by atoms with E-state index in [0.29, 0.717) is 13.2 Å². The van der Waals surface area contributed by atoms with Crippen LogP contribution >= 0.6 is 11.3 Å². The number of nitrogens with zero attached hydrogens (tertiary/aromatic N) is 1. The molecule has 0 spiro atoms. The van der Waals surface area contributed by atoms with Gasteiger partial charge < -0.3 is 14.8 Å².